The molecule has 7 heteroatoms. The molecule has 154 valence electrons. The van der Waals surface area contributed by atoms with Gasteiger partial charge in [-0.15, -0.1) is 0 Å². The number of nitrogens with zero attached hydrogens (tertiary/aromatic N) is 3. The van der Waals surface area contributed by atoms with E-state index in [4.69, 9.17) is 9.47 Å². The van der Waals surface area contributed by atoms with E-state index >= 15 is 0 Å². The van der Waals surface area contributed by atoms with Crippen LogP contribution in [0.2, 0.25) is 0 Å². The van der Waals surface area contributed by atoms with Crippen molar-refractivity contribution in [3.63, 3.8) is 0 Å². The first-order chi connectivity index (χ1) is 13.7. The average Bonchev–Trinajstić information content (AvgIpc) is 2.99. The Bertz CT molecular complexity index is 671. The number of para-hydroxylation sites is 1. The molecule has 2 amide bonds. The van der Waals surface area contributed by atoms with Crippen molar-refractivity contribution < 1.29 is 14.3 Å². The molecule has 7 nitrogen and oxygen atoms in total. The Hall–Kier alpha value is -1.83. The summed E-state index contributed by atoms with van der Waals surface area (Å²) in [5.41, 5.74) is 1.21. The molecule has 4 rings (SSSR count). The van der Waals surface area contributed by atoms with Crippen molar-refractivity contribution in [2.75, 3.05) is 66.1 Å². The zero-order valence-electron chi connectivity index (χ0n) is 16.9. The Morgan fingerprint density at radius 2 is 1.93 bits per heavy atom. The second kappa shape index (κ2) is 8.68. The van der Waals surface area contributed by atoms with E-state index in [-0.39, 0.29) is 11.6 Å². The molecule has 0 aromatic heterocycles. The number of urea groups is 1. The number of nitrogens with one attached hydrogen (secondary N) is 1. The zero-order chi connectivity index (χ0) is 19.4. The minimum absolute atomic E-state index is 0.0215. The Labute approximate surface area is 167 Å². The van der Waals surface area contributed by atoms with Gasteiger partial charge in [0.2, 0.25) is 0 Å². The number of morpholine rings is 1. The number of hydrogen-bond donors (Lipinski definition) is 1. The topological polar surface area (TPSA) is 57.3 Å². The molecule has 0 unspecified atom stereocenters. The van der Waals surface area contributed by atoms with E-state index in [0.717, 1.165) is 84.2 Å². The lowest BCUT2D eigenvalue weighted by Crippen LogP contribution is -2.68. The van der Waals surface area contributed by atoms with E-state index in [1.807, 2.05) is 18.0 Å². The van der Waals surface area contributed by atoms with Crippen molar-refractivity contribution in [2.45, 2.75) is 24.9 Å². The fraction of sp³-hybridized carbons (Fsp3) is 0.667. The van der Waals surface area contributed by atoms with Gasteiger partial charge in [0.25, 0.3) is 0 Å². The summed E-state index contributed by atoms with van der Waals surface area (Å²) in [6.45, 7) is 9.16. The van der Waals surface area contributed by atoms with Crippen molar-refractivity contribution >= 4 is 6.03 Å². The summed E-state index contributed by atoms with van der Waals surface area (Å²) >= 11 is 0. The van der Waals surface area contributed by atoms with Gasteiger partial charge >= 0.3 is 6.03 Å². The van der Waals surface area contributed by atoms with E-state index < -0.39 is 0 Å². The lowest BCUT2D eigenvalue weighted by Gasteiger charge is -2.50. The van der Waals surface area contributed by atoms with Gasteiger partial charge in [-0.2, -0.15) is 0 Å². The maximum Gasteiger partial charge on any atom is 0.317 e. The van der Waals surface area contributed by atoms with Crippen LogP contribution in [0.3, 0.4) is 0 Å². The monoisotopic (exact) mass is 388 g/mol. The molecular weight excluding hydrogens is 356 g/mol. The van der Waals surface area contributed by atoms with E-state index in [0.29, 0.717) is 0 Å². The van der Waals surface area contributed by atoms with Crippen molar-refractivity contribution in [1.82, 2.24) is 20.0 Å². The number of rotatable bonds is 8. The summed E-state index contributed by atoms with van der Waals surface area (Å²) in [6, 6.07) is 8.37. The van der Waals surface area contributed by atoms with Crippen molar-refractivity contribution in [2.24, 2.45) is 0 Å². The fourth-order valence-electron chi connectivity index (χ4n) is 4.38. The molecule has 3 aliphatic rings. The van der Waals surface area contributed by atoms with E-state index in [2.05, 4.69) is 33.3 Å². The van der Waals surface area contributed by atoms with Gasteiger partial charge < -0.3 is 19.7 Å². The first-order valence-electron chi connectivity index (χ1n) is 10.4. The third kappa shape index (κ3) is 4.26. The number of likely N-dealkylation sites (tertiary alicyclic amines) is 1. The number of ether oxygens (including phenoxy) is 2. The maximum absolute atomic E-state index is 11.7. The van der Waals surface area contributed by atoms with Crippen LogP contribution in [-0.4, -0.2) is 92.4 Å². The molecule has 0 saturated carbocycles. The average molecular weight is 389 g/mol. The summed E-state index contributed by atoms with van der Waals surface area (Å²) in [7, 11) is 1.90. The Morgan fingerprint density at radius 1 is 1.14 bits per heavy atom. The highest BCUT2D eigenvalue weighted by molar-refractivity contribution is 5.78. The van der Waals surface area contributed by atoms with Crippen LogP contribution in [0.25, 0.3) is 0 Å². The van der Waals surface area contributed by atoms with Crippen LogP contribution < -0.4 is 10.1 Å². The molecule has 0 aliphatic carbocycles. The SMILES string of the molecule is CN1C(=O)NCC12CN(Cc1ccccc1OCCCCN1CCOCC1)C2. The van der Waals surface area contributed by atoms with E-state index in [9.17, 15) is 4.79 Å². The molecule has 0 radical (unpaired) electrons. The van der Waals surface area contributed by atoms with Crippen LogP contribution in [0, 0.1) is 0 Å². The van der Waals surface area contributed by atoms with Gasteiger partial charge in [0.05, 0.1) is 25.4 Å². The molecule has 1 aromatic rings. The summed E-state index contributed by atoms with van der Waals surface area (Å²) in [5.74, 6) is 0.990. The molecule has 28 heavy (non-hydrogen) atoms. The molecule has 3 fully saturated rings. The van der Waals surface area contributed by atoms with Crippen LogP contribution in [0.5, 0.6) is 5.75 Å². The summed E-state index contributed by atoms with van der Waals surface area (Å²) < 4.78 is 11.5. The predicted octanol–water partition coefficient (Wildman–Crippen LogP) is 1.39. The first-order valence-corrected chi connectivity index (χ1v) is 10.4. The molecule has 1 N–H and O–H groups in total. The highest BCUT2D eigenvalue weighted by atomic mass is 16.5. The maximum atomic E-state index is 11.7. The standard InChI is InChI=1S/C21H32N4O3/c1-23-20(26)22-15-21(23)16-25(17-21)14-18-6-2-3-7-19(18)28-11-5-4-8-24-9-12-27-13-10-24/h2-3,6-7H,4-5,8-17H2,1H3,(H,22,26). The molecule has 3 aliphatic heterocycles. The highest BCUT2D eigenvalue weighted by Crippen LogP contribution is 2.32. The number of likely N-dealkylation sites (N-methyl/N-ethyl adjacent to an activating group) is 1. The number of unbranched alkanes of at least 4 members (excludes halogenated alkanes) is 1. The second-order valence-corrected chi connectivity index (χ2v) is 8.20. The zero-order valence-corrected chi connectivity index (χ0v) is 16.9. The molecular formula is C21H32N4O3. The molecule has 3 saturated heterocycles. The van der Waals surface area contributed by atoms with Gasteiger partial charge in [0, 0.05) is 51.9 Å². The summed E-state index contributed by atoms with van der Waals surface area (Å²) in [5, 5.41) is 2.95. The third-order valence-electron chi connectivity index (χ3n) is 6.22. The van der Waals surface area contributed by atoms with Crippen LogP contribution >= 0.6 is 0 Å². The normalized spacial score (nSPS) is 22.3. The lowest BCUT2D eigenvalue weighted by molar-refractivity contribution is -0.00155. The Kier molecular flexibility index (Phi) is 6.04. The first kappa shape index (κ1) is 19.5. The molecule has 3 heterocycles. The lowest BCUT2D eigenvalue weighted by atomic mass is 9.89. The highest BCUT2D eigenvalue weighted by Gasteiger charge is 2.51. The molecule has 1 aromatic carbocycles. The van der Waals surface area contributed by atoms with Gasteiger partial charge in [0.15, 0.2) is 0 Å². The third-order valence-corrected chi connectivity index (χ3v) is 6.22. The minimum atomic E-state index is -0.0215. The molecule has 0 bridgehead atoms. The van der Waals surface area contributed by atoms with Crippen molar-refractivity contribution in [3.8, 4) is 5.75 Å². The number of hydrogen-bond acceptors (Lipinski definition) is 5. The van der Waals surface area contributed by atoms with Crippen LogP contribution in [0.1, 0.15) is 18.4 Å². The van der Waals surface area contributed by atoms with Crippen LogP contribution in [0.4, 0.5) is 4.79 Å². The van der Waals surface area contributed by atoms with Crippen LogP contribution in [0.15, 0.2) is 24.3 Å². The van der Waals surface area contributed by atoms with Crippen molar-refractivity contribution in [3.05, 3.63) is 29.8 Å². The summed E-state index contributed by atoms with van der Waals surface area (Å²) in [6.07, 6.45) is 2.22. The van der Waals surface area contributed by atoms with E-state index in [1.165, 1.54) is 5.56 Å². The van der Waals surface area contributed by atoms with Gasteiger partial charge in [-0.1, -0.05) is 18.2 Å². The number of carbonyl (C=O) groups excluding carboxylic acids is 1. The van der Waals surface area contributed by atoms with Gasteiger partial charge in [-0.3, -0.25) is 9.80 Å². The van der Waals surface area contributed by atoms with Gasteiger partial charge in [-0.25, -0.2) is 4.79 Å². The van der Waals surface area contributed by atoms with Crippen LogP contribution in [-0.2, 0) is 11.3 Å². The Balaban J connectivity index is 1.20. The largest absolute Gasteiger partial charge is 0.493 e. The second-order valence-electron chi connectivity index (χ2n) is 8.20. The number of benzene rings is 1. The minimum Gasteiger partial charge on any atom is -0.493 e. The van der Waals surface area contributed by atoms with E-state index in [1.54, 1.807) is 0 Å². The smallest absolute Gasteiger partial charge is 0.317 e. The number of amides is 2. The molecule has 1 spiro atoms. The van der Waals surface area contributed by atoms with Gasteiger partial charge in [0.1, 0.15) is 5.75 Å². The fourth-order valence-corrected chi connectivity index (χ4v) is 4.38. The number of carbonyl (C=O) groups is 1. The van der Waals surface area contributed by atoms with Crippen molar-refractivity contribution in [1.29, 1.82) is 0 Å². The predicted molar refractivity (Wildman–Crippen MR) is 108 cm³/mol. The Morgan fingerprint density at radius 3 is 2.68 bits per heavy atom. The molecule has 0 atom stereocenters. The van der Waals surface area contributed by atoms with Gasteiger partial charge in [-0.05, 0) is 25.5 Å². The summed E-state index contributed by atoms with van der Waals surface area (Å²) in [4.78, 5) is 18.5. The quantitative estimate of drug-likeness (QED) is 0.682.